The Morgan fingerprint density at radius 1 is 1.26 bits per heavy atom. The number of nitrogens with one attached hydrogen (secondary N) is 1. The van der Waals surface area contributed by atoms with Gasteiger partial charge in [0.1, 0.15) is 16.9 Å². The van der Waals surface area contributed by atoms with E-state index in [1.165, 1.54) is 35.6 Å². The molecule has 3 aromatic rings. The molecule has 0 saturated carbocycles. The third-order valence-electron chi connectivity index (χ3n) is 6.12. The lowest BCUT2D eigenvalue weighted by atomic mass is 9.96. The van der Waals surface area contributed by atoms with Crippen molar-refractivity contribution in [1.82, 2.24) is 4.90 Å². The fourth-order valence-electron chi connectivity index (χ4n) is 4.34. The van der Waals surface area contributed by atoms with Crippen molar-refractivity contribution in [3.8, 4) is 6.07 Å². The summed E-state index contributed by atoms with van der Waals surface area (Å²) in [6.45, 7) is 3.23. The molecule has 2 heterocycles. The van der Waals surface area contributed by atoms with Gasteiger partial charge in [0.2, 0.25) is 15.9 Å². The van der Waals surface area contributed by atoms with Crippen molar-refractivity contribution < 1.29 is 17.6 Å². The van der Waals surface area contributed by atoms with Gasteiger partial charge in [0.15, 0.2) is 0 Å². The molecule has 0 aliphatic carbocycles. The number of hydrogen-bond acceptors (Lipinski definition) is 6. The number of carbonyl (C=O) groups is 1. The molecule has 10 heteroatoms. The van der Waals surface area contributed by atoms with E-state index >= 15 is 0 Å². The average Bonchev–Trinajstić information content (AvgIpc) is 3.13. The Balaban J connectivity index is 1.51. The van der Waals surface area contributed by atoms with E-state index in [0.717, 1.165) is 28.8 Å². The first-order valence-corrected chi connectivity index (χ1v) is 13.5. The van der Waals surface area contributed by atoms with Crippen LogP contribution in [0.4, 0.5) is 9.39 Å². The SMILES string of the molecule is CCC1Cc2sc(NC(=O)Cc3ccc(S(N)(=O)=O)cc3)c(C#N)c2CN1Cc1cccc(F)c1. The molecule has 1 amide bonds. The summed E-state index contributed by atoms with van der Waals surface area (Å²) in [7, 11) is -3.80. The van der Waals surface area contributed by atoms with E-state index in [9.17, 15) is 22.9 Å². The number of rotatable bonds is 7. The fraction of sp³-hybridized carbons (Fsp3) is 0.280. The number of hydrogen-bond donors (Lipinski definition) is 2. The third kappa shape index (κ3) is 5.77. The Morgan fingerprint density at radius 3 is 2.63 bits per heavy atom. The van der Waals surface area contributed by atoms with E-state index in [2.05, 4.69) is 23.2 Å². The predicted octanol–water partition coefficient (Wildman–Crippen LogP) is 3.92. The first-order valence-electron chi connectivity index (χ1n) is 11.1. The second-order valence-electron chi connectivity index (χ2n) is 8.53. The fourth-order valence-corrected chi connectivity index (χ4v) is 6.10. The Bertz CT molecular complexity index is 1400. The number of benzene rings is 2. The second kappa shape index (κ2) is 10.3. The van der Waals surface area contributed by atoms with Crippen molar-refractivity contribution in [1.29, 1.82) is 5.26 Å². The molecule has 0 fully saturated rings. The van der Waals surface area contributed by atoms with E-state index in [-0.39, 0.29) is 29.1 Å². The summed E-state index contributed by atoms with van der Waals surface area (Å²) in [5.41, 5.74) is 2.87. The van der Waals surface area contributed by atoms with Gasteiger partial charge < -0.3 is 5.32 Å². The molecule has 4 rings (SSSR count). The predicted molar refractivity (Wildman–Crippen MR) is 133 cm³/mol. The van der Waals surface area contributed by atoms with Crippen molar-refractivity contribution in [2.24, 2.45) is 5.14 Å². The molecule has 7 nitrogen and oxygen atoms in total. The summed E-state index contributed by atoms with van der Waals surface area (Å²) >= 11 is 1.42. The highest BCUT2D eigenvalue weighted by molar-refractivity contribution is 7.89. The number of carbonyl (C=O) groups excluding carboxylic acids is 1. The Hall–Kier alpha value is -3.10. The van der Waals surface area contributed by atoms with Crippen molar-refractivity contribution in [2.75, 3.05) is 5.32 Å². The van der Waals surface area contributed by atoms with E-state index < -0.39 is 10.0 Å². The van der Waals surface area contributed by atoms with E-state index in [4.69, 9.17) is 5.14 Å². The summed E-state index contributed by atoms with van der Waals surface area (Å²) in [5, 5.41) is 18.4. The number of sulfonamides is 1. The standard InChI is InChI=1S/C25H25FN4O3S2/c1-2-19-12-23-22(15-30(19)14-17-4-3-5-18(26)10-17)21(13-27)25(34-23)29-24(31)11-16-6-8-20(9-7-16)35(28,32)33/h3-10,19H,2,11-12,14-15H2,1H3,(H,29,31)(H2,28,32,33). The number of primary sulfonamides is 1. The van der Waals surface area contributed by atoms with Crippen LogP contribution in [0.5, 0.6) is 0 Å². The molecule has 0 radical (unpaired) electrons. The number of anilines is 1. The van der Waals surface area contributed by atoms with Crippen LogP contribution in [0, 0.1) is 17.1 Å². The molecule has 0 bridgehead atoms. The van der Waals surface area contributed by atoms with Crippen LogP contribution in [0.25, 0.3) is 0 Å². The number of amides is 1. The number of nitriles is 1. The van der Waals surface area contributed by atoms with E-state index in [0.29, 0.717) is 29.2 Å². The van der Waals surface area contributed by atoms with Gasteiger partial charge >= 0.3 is 0 Å². The smallest absolute Gasteiger partial charge is 0.238 e. The molecule has 0 saturated heterocycles. The normalized spacial score (nSPS) is 15.9. The molecule has 3 N–H and O–H groups in total. The Labute approximate surface area is 208 Å². The minimum absolute atomic E-state index is 0.0207. The summed E-state index contributed by atoms with van der Waals surface area (Å²) in [6, 6.07) is 14.8. The summed E-state index contributed by atoms with van der Waals surface area (Å²) in [5.74, 6) is -0.571. The van der Waals surface area contributed by atoms with Gasteiger partial charge in [-0.25, -0.2) is 17.9 Å². The Kier molecular flexibility index (Phi) is 7.33. The minimum atomic E-state index is -3.80. The van der Waals surface area contributed by atoms with Crippen LogP contribution in [0.3, 0.4) is 0 Å². The molecule has 1 aromatic heterocycles. The van der Waals surface area contributed by atoms with Crippen molar-refractivity contribution in [2.45, 2.75) is 50.2 Å². The van der Waals surface area contributed by atoms with E-state index in [1.54, 1.807) is 18.2 Å². The zero-order valence-electron chi connectivity index (χ0n) is 19.1. The van der Waals surface area contributed by atoms with Gasteiger partial charge in [0.25, 0.3) is 0 Å². The highest BCUT2D eigenvalue weighted by Gasteiger charge is 2.30. The van der Waals surface area contributed by atoms with Gasteiger partial charge in [0.05, 0.1) is 16.9 Å². The zero-order valence-corrected chi connectivity index (χ0v) is 20.8. The molecule has 1 unspecified atom stereocenters. The zero-order chi connectivity index (χ0) is 25.2. The number of halogens is 1. The van der Waals surface area contributed by atoms with E-state index in [1.807, 2.05) is 6.07 Å². The molecule has 35 heavy (non-hydrogen) atoms. The number of fused-ring (bicyclic) bond motifs is 1. The van der Waals surface area contributed by atoms with Crippen LogP contribution in [-0.2, 0) is 40.7 Å². The van der Waals surface area contributed by atoms with Crippen LogP contribution in [0.1, 0.15) is 40.5 Å². The van der Waals surface area contributed by atoms with Gasteiger partial charge in [-0.15, -0.1) is 11.3 Å². The molecule has 2 aromatic carbocycles. The summed E-state index contributed by atoms with van der Waals surface area (Å²) in [6.07, 6.45) is 1.69. The molecule has 1 atom stereocenters. The van der Waals surface area contributed by atoms with Crippen LogP contribution < -0.4 is 10.5 Å². The van der Waals surface area contributed by atoms with Crippen molar-refractivity contribution >= 4 is 32.3 Å². The quantitative estimate of drug-likeness (QED) is 0.498. The summed E-state index contributed by atoms with van der Waals surface area (Å²) in [4.78, 5) is 16.0. The molecular formula is C25H25FN4O3S2. The van der Waals surface area contributed by atoms with Crippen LogP contribution in [-0.4, -0.2) is 25.3 Å². The lowest BCUT2D eigenvalue weighted by Gasteiger charge is -2.35. The van der Waals surface area contributed by atoms with Gasteiger partial charge in [-0.1, -0.05) is 31.2 Å². The molecule has 1 aliphatic heterocycles. The highest BCUT2D eigenvalue weighted by atomic mass is 32.2. The average molecular weight is 513 g/mol. The Morgan fingerprint density at radius 2 is 2.00 bits per heavy atom. The van der Waals surface area contributed by atoms with Crippen molar-refractivity contribution in [3.63, 3.8) is 0 Å². The molecule has 0 spiro atoms. The number of nitrogens with zero attached hydrogens (tertiary/aromatic N) is 2. The second-order valence-corrected chi connectivity index (χ2v) is 11.2. The molecular weight excluding hydrogens is 487 g/mol. The first-order chi connectivity index (χ1) is 16.7. The van der Waals surface area contributed by atoms with Crippen LogP contribution in [0.2, 0.25) is 0 Å². The maximum Gasteiger partial charge on any atom is 0.238 e. The largest absolute Gasteiger partial charge is 0.316 e. The molecule has 1 aliphatic rings. The lowest BCUT2D eigenvalue weighted by Crippen LogP contribution is -2.39. The number of nitrogens with two attached hydrogens (primary N) is 1. The van der Waals surface area contributed by atoms with Gasteiger partial charge in [0, 0.05) is 29.6 Å². The summed E-state index contributed by atoms with van der Waals surface area (Å²) < 4.78 is 36.5. The monoisotopic (exact) mass is 512 g/mol. The van der Waals surface area contributed by atoms with Gasteiger partial charge in [-0.3, -0.25) is 9.69 Å². The first kappa shape index (κ1) is 25.0. The van der Waals surface area contributed by atoms with Crippen LogP contribution in [0.15, 0.2) is 53.4 Å². The third-order valence-corrected chi connectivity index (χ3v) is 8.22. The lowest BCUT2D eigenvalue weighted by molar-refractivity contribution is -0.115. The van der Waals surface area contributed by atoms with Gasteiger partial charge in [-0.2, -0.15) is 5.26 Å². The van der Waals surface area contributed by atoms with Gasteiger partial charge in [-0.05, 0) is 48.2 Å². The van der Waals surface area contributed by atoms with Crippen LogP contribution >= 0.6 is 11.3 Å². The maximum absolute atomic E-state index is 13.7. The number of thiophene rings is 1. The minimum Gasteiger partial charge on any atom is -0.316 e. The maximum atomic E-state index is 13.7. The molecule has 182 valence electrons. The highest BCUT2D eigenvalue weighted by Crippen LogP contribution is 2.39. The van der Waals surface area contributed by atoms with Crippen molar-refractivity contribution in [3.05, 3.63) is 81.5 Å². The topological polar surface area (TPSA) is 116 Å².